The van der Waals surface area contributed by atoms with E-state index in [0.717, 1.165) is 6.92 Å². The summed E-state index contributed by atoms with van der Waals surface area (Å²) < 4.78 is 183. The molecule has 166 valence electrons. The number of carbonyl (C=O) groups is 1. The molecule has 0 aliphatic carbocycles. The second kappa shape index (κ2) is 7.24. The molecule has 0 rings (SSSR count). The minimum absolute atomic E-state index is 0.635. The predicted molar refractivity (Wildman–Crippen MR) is 61.5 cm³/mol. The van der Waals surface area contributed by atoms with Crippen LogP contribution in [0.4, 0.5) is 61.5 Å². The molecule has 0 aromatic rings. The van der Waals surface area contributed by atoms with Gasteiger partial charge in [-0.2, -0.15) is 57.1 Å². The van der Waals surface area contributed by atoms with Crippen molar-refractivity contribution in [2.75, 3.05) is 6.61 Å². The van der Waals surface area contributed by atoms with Crippen molar-refractivity contribution in [2.24, 2.45) is 0 Å². The first kappa shape index (κ1) is 26.2. The quantitative estimate of drug-likeness (QED) is 0.290. The molecule has 0 aromatic carbocycles. The van der Waals surface area contributed by atoms with Crippen molar-refractivity contribution >= 4 is 5.97 Å². The summed E-state index contributed by atoms with van der Waals surface area (Å²) in [6.07, 6.45) is -12.3. The summed E-state index contributed by atoms with van der Waals surface area (Å²) in [6, 6.07) is 0. The van der Waals surface area contributed by atoms with Gasteiger partial charge in [-0.15, -0.1) is 0 Å². The van der Waals surface area contributed by atoms with Crippen LogP contribution in [0.1, 0.15) is 6.92 Å². The summed E-state index contributed by atoms with van der Waals surface area (Å²) in [6.45, 7) is 1.19. The normalized spacial score (nSPS) is 16.0. The van der Waals surface area contributed by atoms with Gasteiger partial charge in [-0.25, -0.2) is 9.18 Å². The average Bonchev–Trinajstić information content (AvgIpc) is 2.49. The van der Waals surface area contributed by atoms with E-state index in [2.05, 4.69) is 11.3 Å². The Morgan fingerprint density at radius 3 is 1.46 bits per heavy atom. The fraction of sp³-hybridized carbons (Fsp3) is 0.750. The second-order valence-electron chi connectivity index (χ2n) is 5.26. The summed E-state index contributed by atoms with van der Waals surface area (Å²) >= 11 is 0. The molecule has 0 heterocycles. The van der Waals surface area contributed by atoms with E-state index in [-0.39, 0.29) is 0 Å². The number of carbonyl (C=O) groups excluding carboxylic acids is 1. The van der Waals surface area contributed by atoms with E-state index in [1.54, 1.807) is 0 Å². The van der Waals surface area contributed by atoms with Gasteiger partial charge < -0.3 is 4.74 Å². The van der Waals surface area contributed by atoms with Crippen molar-refractivity contribution in [2.45, 2.75) is 48.9 Å². The molecule has 1 atom stereocenters. The van der Waals surface area contributed by atoms with Crippen LogP contribution in [0.5, 0.6) is 0 Å². The lowest BCUT2D eigenvalue weighted by Gasteiger charge is -2.40. The van der Waals surface area contributed by atoms with Crippen LogP contribution in [0.2, 0.25) is 0 Å². The van der Waals surface area contributed by atoms with E-state index >= 15 is 0 Å². The summed E-state index contributed by atoms with van der Waals surface area (Å²) in [4.78, 5) is 10.8. The number of hydrogen-bond donors (Lipinski definition) is 0. The first-order chi connectivity index (χ1) is 12.0. The zero-order chi connectivity index (χ0) is 23.1. The van der Waals surface area contributed by atoms with Gasteiger partial charge in [0.15, 0.2) is 0 Å². The molecule has 0 bridgehead atoms. The third kappa shape index (κ3) is 3.86. The highest BCUT2D eigenvalue weighted by atomic mass is 19.4. The Balaban J connectivity index is 6.04. The van der Waals surface area contributed by atoms with Crippen LogP contribution >= 0.6 is 0 Å². The number of ether oxygens (including phenoxy) is 1. The van der Waals surface area contributed by atoms with E-state index < -0.39 is 60.1 Å². The monoisotopic (exact) mass is 450 g/mol. The minimum atomic E-state index is -8.13. The van der Waals surface area contributed by atoms with E-state index in [0.29, 0.717) is 0 Å². The van der Waals surface area contributed by atoms with Crippen molar-refractivity contribution in [3.63, 3.8) is 0 Å². The minimum Gasteiger partial charge on any atom is -0.459 e. The van der Waals surface area contributed by atoms with Crippen molar-refractivity contribution in [1.82, 2.24) is 0 Å². The fourth-order valence-corrected chi connectivity index (χ4v) is 1.36. The third-order valence-corrected chi connectivity index (χ3v) is 3.06. The lowest BCUT2D eigenvalue weighted by molar-refractivity contribution is -0.443. The molecule has 16 heteroatoms. The van der Waals surface area contributed by atoms with E-state index in [1.807, 2.05) is 0 Å². The molecule has 0 radical (unpaired) electrons. The number of hydrogen-bond acceptors (Lipinski definition) is 2. The molecule has 0 aliphatic heterocycles. The Kier molecular flexibility index (Phi) is 6.78. The molecule has 1 unspecified atom stereocenters. The molecule has 0 saturated heterocycles. The summed E-state index contributed by atoms with van der Waals surface area (Å²) in [7, 11) is 0. The van der Waals surface area contributed by atoms with E-state index in [9.17, 15) is 66.3 Å². The highest BCUT2D eigenvalue weighted by molar-refractivity contribution is 5.86. The van der Waals surface area contributed by atoms with Gasteiger partial charge in [-0.3, -0.25) is 0 Å². The number of rotatable bonds is 8. The van der Waals surface area contributed by atoms with Crippen LogP contribution in [0.15, 0.2) is 12.2 Å². The maximum Gasteiger partial charge on any atom is 0.460 e. The highest BCUT2D eigenvalue weighted by Gasteiger charge is 2.91. The van der Waals surface area contributed by atoms with Crippen molar-refractivity contribution in [3.05, 3.63) is 12.2 Å². The topological polar surface area (TPSA) is 26.3 Å². The van der Waals surface area contributed by atoms with Gasteiger partial charge in [0.25, 0.3) is 0 Å². The molecular formula is C12H8F14O2. The summed E-state index contributed by atoms with van der Waals surface area (Å²) in [5, 5.41) is 0. The molecule has 0 aromatic heterocycles. The fourth-order valence-electron chi connectivity index (χ4n) is 1.36. The largest absolute Gasteiger partial charge is 0.460 e. The first-order valence-electron chi connectivity index (χ1n) is 6.42. The highest BCUT2D eigenvalue weighted by Crippen LogP contribution is 2.60. The van der Waals surface area contributed by atoms with Gasteiger partial charge in [0.2, 0.25) is 6.17 Å². The second-order valence-corrected chi connectivity index (χ2v) is 5.26. The van der Waals surface area contributed by atoms with Gasteiger partial charge in [0.1, 0.15) is 6.61 Å². The molecule has 28 heavy (non-hydrogen) atoms. The van der Waals surface area contributed by atoms with Gasteiger partial charge in [-0.05, 0) is 6.92 Å². The molecular weight excluding hydrogens is 442 g/mol. The Morgan fingerprint density at radius 2 is 1.14 bits per heavy atom. The van der Waals surface area contributed by atoms with Gasteiger partial charge in [0.05, 0.1) is 0 Å². The van der Waals surface area contributed by atoms with E-state index in [4.69, 9.17) is 0 Å². The Labute approximate surface area is 146 Å². The number of halogens is 14. The Bertz CT molecular complexity index is 606. The lowest BCUT2D eigenvalue weighted by atomic mass is 9.92. The van der Waals surface area contributed by atoms with Crippen LogP contribution in [0.3, 0.4) is 0 Å². The zero-order valence-corrected chi connectivity index (χ0v) is 13.1. The van der Waals surface area contributed by atoms with Crippen LogP contribution in [0, 0.1) is 0 Å². The summed E-state index contributed by atoms with van der Waals surface area (Å²) in [5.74, 6) is -40.6. The maximum absolute atomic E-state index is 13.3. The van der Waals surface area contributed by atoms with Crippen LogP contribution < -0.4 is 0 Å². The molecule has 2 nitrogen and oxygen atoms in total. The lowest BCUT2D eigenvalue weighted by Crippen LogP contribution is -2.71. The van der Waals surface area contributed by atoms with Gasteiger partial charge >= 0.3 is 41.8 Å². The summed E-state index contributed by atoms with van der Waals surface area (Å²) in [5.41, 5.74) is -0.635. The number of esters is 1. The molecule has 0 amide bonds. The smallest absolute Gasteiger partial charge is 0.459 e. The Morgan fingerprint density at radius 1 is 0.786 bits per heavy atom. The predicted octanol–water partition coefficient (Wildman–Crippen LogP) is 5.18. The molecule has 0 fully saturated rings. The van der Waals surface area contributed by atoms with Gasteiger partial charge in [-0.1, -0.05) is 6.58 Å². The van der Waals surface area contributed by atoms with Crippen molar-refractivity contribution < 1.29 is 71.0 Å². The van der Waals surface area contributed by atoms with Gasteiger partial charge in [0, 0.05) is 5.57 Å². The molecule has 0 aliphatic rings. The molecule has 0 spiro atoms. The Hall–Kier alpha value is -1.77. The maximum atomic E-state index is 13.3. The standard InChI is InChI=1S/C12H8F14O2/c1-4(2)6(27)28-3-5(13)7(14,15)8(16,17)9(18,19)10(20,21)11(22,23)12(24,25)26/h5H,1,3H2,2H3. The SMILES string of the molecule is C=C(C)C(=O)OCC(F)C(F)(F)C(F)(F)C(F)(F)C(F)(F)C(F)(F)C(F)(F)F. The first-order valence-corrected chi connectivity index (χ1v) is 6.42. The van der Waals surface area contributed by atoms with Crippen LogP contribution in [-0.4, -0.2) is 54.5 Å². The molecule has 0 saturated carbocycles. The van der Waals surface area contributed by atoms with E-state index in [1.165, 1.54) is 0 Å². The van der Waals surface area contributed by atoms with Crippen LogP contribution in [0.25, 0.3) is 0 Å². The average molecular weight is 450 g/mol. The number of alkyl halides is 14. The molecule has 0 N–H and O–H groups in total. The van der Waals surface area contributed by atoms with Crippen LogP contribution in [-0.2, 0) is 9.53 Å². The van der Waals surface area contributed by atoms with Crippen molar-refractivity contribution in [1.29, 1.82) is 0 Å². The van der Waals surface area contributed by atoms with Crippen molar-refractivity contribution in [3.8, 4) is 0 Å². The zero-order valence-electron chi connectivity index (χ0n) is 13.1. The third-order valence-electron chi connectivity index (χ3n) is 3.06.